The third kappa shape index (κ3) is 5.13. The first-order chi connectivity index (χ1) is 15.0. The number of nitrogens with one attached hydrogen (secondary N) is 1. The molecule has 0 bridgehead atoms. The van der Waals surface area contributed by atoms with Gasteiger partial charge in [-0.25, -0.2) is 9.59 Å². The van der Waals surface area contributed by atoms with Crippen LogP contribution in [-0.2, 0) is 9.47 Å². The highest BCUT2D eigenvalue weighted by Crippen LogP contribution is 2.41. The number of rotatable bonds is 7. The molecule has 0 saturated carbocycles. The lowest BCUT2D eigenvalue weighted by atomic mass is 10.0. The van der Waals surface area contributed by atoms with Gasteiger partial charge in [-0.2, -0.15) is 0 Å². The van der Waals surface area contributed by atoms with E-state index < -0.39 is 17.8 Å². The van der Waals surface area contributed by atoms with Gasteiger partial charge in [0, 0.05) is 16.1 Å². The number of carbonyl (C=O) groups excluding carboxylic acids is 3. The van der Waals surface area contributed by atoms with Crippen molar-refractivity contribution in [2.24, 2.45) is 0 Å². The van der Waals surface area contributed by atoms with E-state index >= 15 is 0 Å². The zero-order valence-electron chi connectivity index (χ0n) is 16.9. The molecule has 31 heavy (non-hydrogen) atoms. The number of hydrogen-bond acceptors (Lipinski definition) is 6. The summed E-state index contributed by atoms with van der Waals surface area (Å²) >= 11 is 6.96. The molecule has 8 heteroatoms. The maximum absolute atomic E-state index is 12.9. The predicted octanol–water partition coefficient (Wildman–Crippen LogP) is 5.67. The summed E-state index contributed by atoms with van der Waals surface area (Å²) in [7, 11) is 0. The maximum Gasteiger partial charge on any atom is 0.349 e. The smallest absolute Gasteiger partial charge is 0.349 e. The number of anilines is 1. The molecule has 0 unspecified atom stereocenters. The SMILES string of the molecule is CCOC(=O)c1sc(NC(=O)c2cccc(Cl)c2)c(C(=O)OCC)c1-c1ccccc1. The zero-order valence-corrected chi connectivity index (χ0v) is 18.5. The zero-order chi connectivity index (χ0) is 22.4. The number of thiophene rings is 1. The van der Waals surface area contributed by atoms with E-state index in [1.165, 1.54) is 6.07 Å². The maximum atomic E-state index is 12.9. The van der Waals surface area contributed by atoms with Gasteiger partial charge in [-0.3, -0.25) is 4.79 Å². The van der Waals surface area contributed by atoms with Crippen LogP contribution in [0.2, 0.25) is 5.02 Å². The minimum Gasteiger partial charge on any atom is -0.462 e. The second-order valence-electron chi connectivity index (χ2n) is 6.28. The van der Waals surface area contributed by atoms with Gasteiger partial charge in [0.05, 0.1) is 13.2 Å². The Labute approximate surface area is 188 Å². The molecule has 6 nitrogen and oxygen atoms in total. The average Bonchev–Trinajstić information content (AvgIpc) is 3.14. The molecule has 160 valence electrons. The third-order valence-electron chi connectivity index (χ3n) is 4.22. The Morgan fingerprint density at radius 3 is 2.26 bits per heavy atom. The normalized spacial score (nSPS) is 10.4. The number of amides is 1. The van der Waals surface area contributed by atoms with Gasteiger partial charge in [-0.05, 0) is 37.6 Å². The molecule has 0 radical (unpaired) electrons. The van der Waals surface area contributed by atoms with Crippen molar-refractivity contribution in [2.45, 2.75) is 13.8 Å². The molecule has 0 fully saturated rings. The summed E-state index contributed by atoms with van der Waals surface area (Å²) in [5, 5.41) is 3.34. The van der Waals surface area contributed by atoms with Crippen LogP contribution in [0.4, 0.5) is 5.00 Å². The van der Waals surface area contributed by atoms with Gasteiger partial charge in [0.15, 0.2) is 0 Å². The summed E-state index contributed by atoms with van der Waals surface area (Å²) in [6, 6.07) is 15.4. The summed E-state index contributed by atoms with van der Waals surface area (Å²) in [6.45, 7) is 3.69. The van der Waals surface area contributed by atoms with Gasteiger partial charge >= 0.3 is 11.9 Å². The molecule has 3 rings (SSSR count). The van der Waals surface area contributed by atoms with Gasteiger partial charge in [-0.15, -0.1) is 11.3 Å². The molecule has 0 aliphatic rings. The molecule has 1 amide bonds. The molecular weight excluding hydrogens is 438 g/mol. The van der Waals surface area contributed by atoms with Crippen LogP contribution in [0.15, 0.2) is 54.6 Å². The largest absolute Gasteiger partial charge is 0.462 e. The topological polar surface area (TPSA) is 81.7 Å². The summed E-state index contributed by atoms with van der Waals surface area (Å²) in [5.74, 6) is -1.70. The molecule has 1 N–H and O–H groups in total. The van der Waals surface area contributed by atoms with Crippen molar-refractivity contribution >= 4 is 45.8 Å². The Bertz CT molecular complexity index is 1110. The number of ether oxygens (including phenoxy) is 2. The Morgan fingerprint density at radius 2 is 1.61 bits per heavy atom. The Hall–Kier alpha value is -3.16. The van der Waals surface area contributed by atoms with Gasteiger partial charge in [0.25, 0.3) is 5.91 Å². The Balaban J connectivity index is 2.16. The summed E-state index contributed by atoms with van der Waals surface area (Å²) in [4.78, 5) is 38.6. The number of benzene rings is 2. The van der Waals surface area contributed by atoms with Crippen molar-refractivity contribution in [3.05, 3.63) is 75.6 Å². The lowest BCUT2D eigenvalue weighted by Gasteiger charge is -2.09. The number of hydrogen-bond donors (Lipinski definition) is 1. The molecular formula is C23H20ClNO5S. The van der Waals surface area contributed by atoms with E-state index in [9.17, 15) is 14.4 Å². The van der Waals surface area contributed by atoms with E-state index in [-0.39, 0.29) is 28.7 Å². The second kappa shape index (κ2) is 10.2. The molecule has 0 atom stereocenters. The first-order valence-corrected chi connectivity index (χ1v) is 10.8. The number of esters is 2. The Morgan fingerprint density at radius 1 is 0.935 bits per heavy atom. The minimum atomic E-state index is -0.644. The molecule has 0 aliphatic carbocycles. The quantitative estimate of drug-likeness (QED) is 0.462. The van der Waals surface area contributed by atoms with E-state index in [1.807, 2.05) is 6.07 Å². The summed E-state index contributed by atoms with van der Waals surface area (Å²) in [5.41, 5.74) is 1.42. The van der Waals surface area contributed by atoms with Gasteiger partial charge < -0.3 is 14.8 Å². The van der Waals surface area contributed by atoms with Gasteiger partial charge in [0.1, 0.15) is 15.4 Å². The van der Waals surface area contributed by atoms with Gasteiger partial charge in [0.2, 0.25) is 0 Å². The third-order valence-corrected chi connectivity index (χ3v) is 5.55. The highest BCUT2D eigenvalue weighted by atomic mass is 35.5. The monoisotopic (exact) mass is 457 g/mol. The van der Waals surface area contributed by atoms with Crippen molar-refractivity contribution in [1.29, 1.82) is 0 Å². The highest BCUT2D eigenvalue weighted by Gasteiger charge is 2.30. The second-order valence-corrected chi connectivity index (χ2v) is 7.74. The minimum absolute atomic E-state index is 0.108. The first-order valence-electron chi connectivity index (χ1n) is 9.59. The van der Waals surface area contributed by atoms with Crippen LogP contribution in [0.1, 0.15) is 44.2 Å². The van der Waals surface area contributed by atoms with E-state index in [0.717, 1.165) is 11.3 Å². The van der Waals surface area contributed by atoms with Crippen molar-refractivity contribution in [3.63, 3.8) is 0 Å². The van der Waals surface area contributed by atoms with Crippen molar-refractivity contribution < 1.29 is 23.9 Å². The molecule has 0 saturated heterocycles. The van der Waals surface area contributed by atoms with E-state index in [2.05, 4.69) is 5.32 Å². The molecule has 0 aliphatic heterocycles. The summed E-state index contributed by atoms with van der Waals surface area (Å²) in [6.07, 6.45) is 0. The summed E-state index contributed by atoms with van der Waals surface area (Å²) < 4.78 is 10.4. The van der Waals surface area contributed by atoms with Crippen LogP contribution in [0.5, 0.6) is 0 Å². The molecule has 1 aromatic heterocycles. The lowest BCUT2D eigenvalue weighted by molar-refractivity contribution is 0.0528. The van der Waals surface area contributed by atoms with Crippen molar-refractivity contribution in [2.75, 3.05) is 18.5 Å². The fraction of sp³-hybridized carbons (Fsp3) is 0.174. The van der Waals surface area contributed by atoms with E-state index in [4.69, 9.17) is 21.1 Å². The lowest BCUT2D eigenvalue weighted by Crippen LogP contribution is -2.15. The first kappa shape index (κ1) is 22.5. The van der Waals surface area contributed by atoms with Crippen LogP contribution >= 0.6 is 22.9 Å². The molecule has 2 aromatic carbocycles. The van der Waals surface area contributed by atoms with E-state index in [0.29, 0.717) is 21.7 Å². The fourth-order valence-electron chi connectivity index (χ4n) is 2.94. The van der Waals surface area contributed by atoms with Crippen LogP contribution in [-0.4, -0.2) is 31.1 Å². The number of carbonyl (C=O) groups is 3. The van der Waals surface area contributed by atoms with Crippen molar-refractivity contribution in [3.8, 4) is 11.1 Å². The van der Waals surface area contributed by atoms with Crippen molar-refractivity contribution in [1.82, 2.24) is 0 Å². The fourth-order valence-corrected chi connectivity index (χ4v) is 4.23. The van der Waals surface area contributed by atoms with E-state index in [1.54, 1.807) is 56.3 Å². The molecule has 1 heterocycles. The van der Waals surface area contributed by atoms with Crippen LogP contribution < -0.4 is 5.32 Å². The standard InChI is InChI=1S/C23H20ClNO5S/c1-3-29-22(27)18-17(14-9-6-5-7-10-14)19(23(28)30-4-2)31-21(18)25-20(26)15-11-8-12-16(24)13-15/h5-13H,3-4H2,1-2H3,(H,25,26). The predicted molar refractivity (Wildman–Crippen MR) is 121 cm³/mol. The van der Waals surface area contributed by atoms with Crippen LogP contribution in [0.3, 0.4) is 0 Å². The highest BCUT2D eigenvalue weighted by molar-refractivity contribution is 7.19. The molecule has 0 spiro atoms. The number of halogens is 1. The van der Waals surface area contributed by atoms with Crippen LogP contribution in [0.25, 0.3) is 11.1 Å². The molecule has 3 aromatic rings. The Kier molecular flexibility index (Phi) is 7.44. The van der Waals surface area contributed by atoms with Crippen LogP contribution in [0, 0.1) is 0 Å². The van der Waals surface area contributed by atoms with Gasteiger partial charge in [-0.1, -0.05) is 48.0 Å². The average molecular weight is 458 g/mol.